The highest BCUT2D eigenvalue weighted by atomic mass is 79.9. The van der Waals surface area contributed by atoms with Crippen molar-refractivity contribution in [3.05, 3.63) is 62.7 Å². The highest BCUT2D eigenvalue weighted by Crippen LogP contribution is 2.36. The summed E-state index contributed by atoms with van der Waals surface area (Å²) in [7, 11) is 0. The molecule has 0 amide bonds. The first-order chi connectivity index (χ1) is 12.7. The second-order valence-corrected chi connectivity index (χ2v) is 7.11. The number of phenols is 1. The molecule has 0 aliphatic rings. The summed E-state index contributed by atoms with van der Waals surface area (Å²) in [6.45, 7) is 0.00939. The first kappa shape index (κ1) is 19.6. The Morgan fingerprint density at radius 3 is 2.15 bits per heavy atom. The number of rotatable bonds is 4. The van der Waals surface area contributed by atoms with E-state index >= 15 is 0 Å². The predicted molar refractivity (Wildman–Crippen MR) is 98.1 cm³/mol. The average molecular weight is 505 g/mol. The minimum absolute atomic E-state index is 0.00411. The molecule has 2 aromatic carbocycles. The molecule has 10 heteroatoms. The van der Waals surface area contributed by atoms with Crippen molar-refractivity contribution in [3.63, 3.8) is 0 Å². The number of benzene rings is 2. The van der Waals surface area contributed by atoms with Gasteiger partial charge in [0.05, 0.1) is 20.7 Å². The van der Waals surface area contributed by atoms with Gasteiger partial charge in [0, 0.05) is 5.56 Å². The molecule has 3 rings (SSSR count). The zero-order valence-corrected chi connectivity index (χ0v) is 16.5. The van der Waals surface area contributed by atoms with Crippen molar-refractivity contribution in [2.75, 3.05) is 0 Å². The lowest BCUT2D eigenvalue weighted by Gasteiger charge is -2.08. The fourth-order valence-electron chi connectivity index (χ4n) is 2.11. The van der Waals surface area contributed by atoms with E-state index in [1.807, 2.05) is 0 Å². The minimum atomic E-state index is -4.37. The van der Waals surface area contributed by atoms with Crippen LogP contribution in [-0.2, 0) is 12.8 Å². The van der Waals surface area contributed by atoms with Crippen LogP contribution in [0.5, 0.6) is 11.8 Å². The number of aromatic nitrogens is 3. The van der Waals surface area contributed by atoms with E-state index < -0.39 is 11.7 Å². The van der Waals surface area contributed by atoms with Crippen molar-refractivity contribution in [2.45, 2.75) is 12.8 Å². The van der Waals surface area contributed by atoms with E-state index in [2.05, 4.69) is 47.0 Å². The van der Waals surface area contributed by atoms with E-state index in [-0.39, 0.29) is 18.4 Å². The molecular formula is C17H10Br2F3N3O2. The van der Waals surface area contributed by atoms with Gasteiger partial charge in [0.1, 0.15) is 18.1 Å². The summed E-state index contributed by atoms with van der Waals surface area (Å²) in [6, 6.07) is 7.95. The van der Waals surface area contributed by atoms with Crippen LogP contribution < -0.4 is 4.74 Å². The molecule has 0 saturated carbocycles. The van der Waals surface area contributed by atoms with Gasteiger partial charge in [0.15, 0.2) is 0 Å². The van der Waals surface area contributed by atoms with Crippen LogP contribution in [0.15, 0.2) is 51.5 Å². The first-order valence-electron chi connectivity index (χ1n) is 7.41. The standard InChI is InChI=1S/C17H10Br2F3N3O2/c18-12-5-10(6-13(19)15(12)26)14-7-23-16(25-24-14)27-8-9-1-3-11(4-2-9)17(20,21)22/h1-7,26H,8H2. The highest BCUT2D eigenvalue weighted by molar-refractivity contribution is 9.11. The van der Waals surface area contributed by atoms with Crippen LogP contribution >= 0.6 is 31.9 Å². The molecule has 5 nitrogen and oxygen atoms in total. The second kappa shape index (κ2) is 7.81. The second-order valence-electron chi connectivity index (χ2n) is 5.40. The number of nitrogens with zero attached hydrogens (tertiary/aromatic N) is 3. The van der Waals surface area contributed by atoms with Gasteiger partial charge in [0.2, 0.25) is 0 Å². The van der Waals surface area contributed by atoms with Crippen molar-refractivity contribution >= 4 is 31.9 Å². The van der Waals surface area contributed by atoms with Gasteiger partial charge in [-0.05, 0) is 61.7 Å². The van der Waals surface area contributed by atoms with Gasteiger partial charge in [-0.1, -0.05) is 17.2 Å². The molecule has 0 aliphatic heterocycles. The van der Waals surface area contributed by atoms with Gasteiger partial charge in [0.25, 0.3) is 0 Å². The third-order valence-electron chi connectivity index (χ3n) is 3.50. The molecule has 0 fully saturated rings. The largest absolute Gasteiger partial charge is 0.506 e. The Bertz CT molecular complexity index is 926. The topological polar surface area (TPSA) is 68.1 Å². The van der Waals surface area contributed by atoms with Crippen LogP contribution in [-0.4, -0.2) is 20.3 Å². The lowest BCUT2D eigenvalue weighted by molar-refractivity contribution is -0.137. The Labute approximate surface area is 168 Å². The van der Waals surface area contributed by atoms with Crippen molar-refractivity contribution in [2.24, 2.45) is 0 Å². The Morgan fingerprint density at radius 1 is 1.00 bits per heavy atom. The Kier molecular flexibility index (Phi) is 5.66. The molecule has 0 saturated heterocycles. The molecule has 0 radical (unpaired) electrons. The van der Waals surface area contributed by atoms with E-state index in [4.69, 9.17) is 4.74 Å². The summed E-state index contributed by atoms with van der Waals surface area (Å²) in [5.74, 6) is 0.0659. The molecule has 1 heterocycles. The van der Waals surface area contributed by atoms with Gasteiger partial charge in [-0.25, -0.2) is 4.98 Å². The summed E-state index contributed by atoms with van der Waals surface area (Å²) in [4.78, 5) is 4.04. The van der Waals surface area contributed by atoms with E-state index in [1.54, 1.807) is 12.1 Å². The number of phenolic OH excluding ortho intramolecular Hbond substituents is 1. The lowest BCUT2D eigenvalue weighted by Crippen LogP contribution is -2.05. The molecule has 1 N–H and O–H groups in total. The Balaban J connectivity index is 1.68. The smallest absolute Gasteiger partial charge is 0.416 e. The molecular weight excluding hydrogens is 495 g/mol. The maximum absolute atomic E-state index is 12.5. The number of ether oxygens (including phenoxy) is 1. The molecule has 0 unspecified atom stereocenters. The van der Waals surface area contributed by atoms with Crippen molar-refractivity contribution in [3.8, 4) is 23.0 Å². The van der Waals surface area contributed by atoms with Gasteiger partial charge < -0.3 is 9.84 Å². The molecule has 3 aromatic rings. The molecule has 0 spiro atoms. The summed E-state index contributed by atoms with van der Waals surface area (Å²) >= 11 is 6.47. The summed E-state index contributed by atoms with van der Waals surface area (Å²) in [6.07, 6.45) is -2.93. The van der Waals surface area contributed by atoms with Crippen LogP contribution in [0.4, 0.5) is 13.2 Å². The minimum Gasteiger partial charge on any atom is -0.506 e. The lowest BCUT2D eigenvalue weighted by atomic mass is 10.1. The van der Waals surface area contributed by atoms with Gasteiger partial charge in [-0.15, -0.1) is 5.10 Å². The highest BCUT2D eigenvalue weighted by Gasteiger charge is 2.29. The number of aromatic hydroxyl groups is 1. The van der Waals surface area contributed by atoms with Crippen LogP contribution in [0, 0.1) is 0 Å². The summed E-state index contributed by atoms with van der Waals surface area (Å²) in [5.41, 5.74) is 0.945. The number of hydrogen-bond donors (Lipinski definition) is 1. The fraction of sp³-hybridized carbons (Fsp3) is 0.118. The van der Waals surface area contributed by atoms with Crippen LogP contribution in [0.1, 0.15) is 11.1 Å². The maximum atomic E-state index is 12.5. The zero-order chi connectivity index (χ0) is 19.6. The molecule has 1 aromatic heterocycles. The first-order valence-corrected chi connectivity index (χ1v) is 8.99. The van der Waals surface area contributed by atoms with Crippen LogP contribution in [0.25, 0.3) is 11.3 Å². The zero-order valence-electron chi connectivity index (χ0n) is 13.3. The normalized spacial score (nSPS) is 11.4. The van der Waals surface area contributed by atoms with Gasteiger partial charge in [-0.3, -0.25) is 0 Å². The summed E-state index contributed by atoms with van der Waals surface area (Å²) in [5, 5.41) is 17.6. The van der Waals surface area contributed by atoms with Crippen molar-refractivity contribution in [1.82, 2.24) is 15.2 Å². The van der Waals surface area contributed by atoms with Gasteiger partial charge >= 0.3 is 12.2 Å². The number of hydrogen-bond acceptors (Lipinski definition) is 5. The van der Waals surface area contributed by atoms with Crippen molar-refractivity contribution in [1.29, 1.82) is 0 Å². The molecule has 0 aliphatic carbocycles. The summed E-state index contributed by atoms with van der Waals surface area (Å²) < 4.78 is 43.9. The maximum Gasteiger partial charge on any atom is 0.416 e. The van der Waals surface area contributed by atoms with Crippen molar-refractivity contribution < 1.29 is 23.0 Å². The quantitative estimate of drug-likeness (QED) is 0.517. The SMILES string of the molecule is Oc1c(Br)cc(-c2cnc(OCc3ccc(C(F)(F)F)cc3)nn2)cc1Br. The Morgan fingerprint density at radius 2 is 1.63 bits per heavy atom. The average Bonchev–Trinajstić information content (AvgIpc) is 2.64. The molecule has 27 heavy (non-hydrogen) atoms. The van der Waals surface area contributed by atoms with E-state index in [1.165, 1.54) is 18.3 Å². The van der Waals surface area contributed by atoms with Gasteiger partial charge in [-0.2, -0.15) is 13.2 Å². The molecule has 0 bridgehead atoms. The number of halogens is 5. The number of alkyl halides is 3. The van der Waals surface area contributed by atoms with E-state index in [9.17, 15) is 18.3 Å². The molecule has 140 valence electrons. The van der Waals surface area contributed by atoms with Crippen LogP contribution in [0.3, 0.4) is 0 Å². The van der Waals surface area contributed by atoms with E-state index in [0.29, 0.717) is 25.8 Å². The van der Waals surface area contributed by atoms with Crippen LogP contribution in [0.2, 0.25) is 0 Å². The third kappa shape index (κ3) is 4.75. The predicted octanol–water partition coefficient (Wildman–Crippen LogP) is 5.37. The van der Waals surface area contributed by atoms with E-state index in [0.717, 1.165) is 12.1 Å². The fourth-order valence-corrected chi connectivity index (χ4v) is 3.30. The molecule has 0 atom stereocenters. The third-order valence-corrected chi connectivity index (χ3v) is 4.71. The monoisotopic (exact) mass is 503 g/mol. The Hall–Kier alpha value is -2.20.